The third-order valence-electron chi connectivity index (χ3n) is 3.50. The summed E-state index contributed by atoms with van der Waals surface area (Å²) in [5.41, 5.74) is 1.01. The molecular formula is C17H19NO6. The highest BCUT2D eigenvalue weighted by atomic mass is 16.5. The van der Waals surface area contributed by atoms with Crippen molar-refractivity contribution in [3.05, 3.63) is 29.3 Å². The minimum absolute atomic E-state index is 0.0490. The highest BCUT2D eigenvalue weighted by Gasteiger charge is 2.35. The van der Waals surface area contributed by atoms with Crippen LogP contribution in [0.15, 0.2) is 23.8 Å². The number of nitrogens with zero attached hydrogens (tertiary/aromatic N) is 1. The lowest BCUT2D eigenvalue weighted by Gasteiger charge is -2.12. The Morgan fingerprint density at radius 3 is 2.54 bits per heavy atom. The van der Waals surface area contributed by atoms with Crippen molar-refractivity contribution in [2.75, 3.05) is 27.4 Å². The van der Waals surface area contributed by atoms with Crippen molar-refractivity contribution < 1.29 is 28.6 Å². The van der Waals surface area contributed by atoms with Crippen molar-refractivity contribution in [1.82, 2.24) is 4.90 Å². The quantitative estimate of drug-likeness (QED) is 0.445. The second-order valence-electron chi connectivity index (χ2n) is 5.05. The van der Waals surface area contributed by atoms with Crippen LogP contribution in [0.25, 0.3) is 6.08 Å². The number of likely N-dealkylation sites (tertiary alicyclic amines) is 1. The van der Waals surface area contributed by atoms with Crippen LogP contribution in [0.5, 0.6) is 11.5 Å². The third-order valence-corrected chi connectivity index (χ3v) is 3.50. The van der Waals surface area contributed by atoms with E-state index in [9.17, 15) is 14.4 Å². The number of methoxy groups -OCH3 is 2. The van der Waals surface area contributed by atoms with E-state index in [1.54, 1.807) is 31.2 Å². The molecule has 1 aromatic carbocycles. The normalized spacial score (nSPS) is 15.8. The van der Waals surface area contributed by atoms with Crippen LogP contribution in [0.4, 0.5) is 0 Å². The summed E-state index contributed by atoms with van der Waals surface area (Å²) in [5, 5.41) is 0. The van der Waals surface area contributed by atoms with Gasteiger partial charge in [-0.25, -0.2) is 0 Å². The molecule has 0 saturated carbocycles. The van der Waals surface area contributed by atoms with Gasteiger partial charge in [0.1, 0.15) is 6.54 Å². The van der Waals surface area contributed by atoms with Crippen LogP contribution in [-0.4, -0.2) is 50.1 Å². The van der Waals surface area contributed by atoms with Crippen molar-refractivity contribution >= 4 is 23.9 Å². The fourth-order valence-electron chi connectivity index (χ4n) is 2.37. The minimum Gasteiger partial charge on any atom is -0.493 e. The molecule has 1 aliphatic heterocycles. The summed E-state index contributed by atoms with van der Waals surface area (Å²) in [6.45, 7) is 1.49. The summed E-state index contributed by atoms with van der Waals surface area (Å²) in [5.74, 6) is -0.418. The van der Waals surface area contributed by atoms with Crippen LogP contribution in [0.3, 0.4) is 0 Å². The lowest BCUT2D eigenvalue weighted by molar-refractivity contribution is -0.151. The molecule has 0 bridgehead atoms. The lowest BCUT2D eigenvalue weighted by Crippen LogP contribution is -2.35. The lowest BCUT2D eigenvalue weighted by atomic mass is 10.1. The number of hydrogen-bond donors (Lipinski definition) is 0. The van der Waals surface area contributed by atoms with E-state index in [0.29, 0.717) is 22.6 Å². The van der Waals surface area contributed by atoms with Gasteiger partial charge in [0, 0.05) is 5.57 Å². The molecule has 0 spiro atoms. The predicted molar refractivity (Wildman–Crippen MR) is 85.5 cm³/mol. The number of esters is 1. The molecule has 24 heavy (non-hydrogen) atoms. The first-order valence-corrected chi connectivity index (χ1v) is 7.43. The first kappa shape index (κ1) is 17.5. The smallest absolute Gasteiger partial charge is 0.326 e. The van der Waals surface area contributed by atoms with Crippen molar-refractivity contribution in [2.45, 2.75) is 13.3 Å². The molecule has 1 aromatic rings. The number of ether oxygens (including phenoxy) is 3. The molecule has 2 amide bonds. The summed E-state index contributed by atoms with van der Waals surface area (Å²) in [4.78, 5) is 36.7. The Labute approximate surface area is 139 Å². The molecule has 1 aliphatic rings. The fraction of sp³-hybridized carbons (Fsp3) is 0.353. The van der Waals surface area contributed by atoms with Gasteiger partial charge < -0.3 is 14.2 Å². The average molecular weight is 333 g/mol. The van der Waals surface area contributed by atoms with E-state index in [1.165, 1.54) is 14.2 Å². The van der Waals surface area contributed by atoms with Crippen molar-refractivity contribution in [3.8, 4) is 11.5 Å². The number of imide groups is 1. The van der Waals surface area contributed by atoms with E-state index < -0.39 is 17.8 Å². The highest BCUT2D eigenvalue weighted by molar-refractivity contribution is 6.16. The van der Waals surface area contributed by atoms with E-state index in [-0.39, 0.29) is 19.6 Å². The second-order valence-corrected chi connectivity index (χ2v) is 5.05. The molecule has 1 saturated heterocycles. The third kappa shape index (κ3) is 3.73. The number of benzene rings is 1. The van der Waals surface area contributed by atoms with Gasteiger partial charge in [-0.3, -0.25) is 19.3 Å². The van der Waals surface area contributed by atoms with Gasteiger partial charge in [-0.15, -0.1) is 0 Å². The van der Waals surface area contributed by atoms with Crippen molar-refractivity contribution in [2.24, 2.45) is 0 Å². The molecule has 1 heterocycles. The molecule has 0 unspecified atom stereocenters. The first-order valence-electron chi connectivity index (χ1n) is 7.43. The molecule has 0 aliphatic carbocycles. The standard InChI is InChI=1S/C17H19NO6/c1-4-24-16(20)10-18-15(19)9-12(17(18)21)7-11-5-6-13(22-2)14(8-11)23-3/h5-8H,4,9-10H2,1-3H3/b12-7+. The van der Waals surface area contributed by atoms with Gasteiger partial charge >= 0.3 is 5.97 Å². The number of carbonyl (C=O) groups excluding carboxylic acids is 3. The van der Waals surface area contributed by atoms with Crippen LogP contribution >= 0.6 is 0 Å². The van der Waals surface area contributed by atoms with Gasteiger partial charge in [-0.2, -0.15) is 0 Å². The Bertz CT molecular complexity index is 694. The van der Waals surface area contributed by atoms with Crippen LogP contribution in [0, 0.1) is 0 Å². The molecule has 128 valence electrons. The van der Waals surface area contributed by atoms with Gasteiger partial charge in [0.15, 0.2) is 11.5 Å². The van der Waals surface area contributed by atoms with Gasteiger partial charge in [0.05, 0.1) is 27.2 Å². The molecule has 7 nitrogen and oxygen atoms in total. The second kappa shape index (κ2) is 7.63. The first-order chi connectivity index (χ1) is 11.5. The van der Waals surface area contributed by atoms with E-state index in [2.05, 4.69) is 0 Å². The molecule has 0 aromatic heterocycles. The molecule has 1 fully saturated rings. The number of amides is 2. The predicted octanol–water partition coefficient (Wildman–Crippen LogP) is 1.41. The molecule has 0 N–H and O–H groups in total. The summed E-state index contributed by atoms with van der Waals surface area (Å²) >= 11 is 0. The van der Waals surface area contributed by atoms with Gasteiger partial charge in [-0.05, 0) is 30.7 Å². The van der Waals surface area contributed by atoms with Crippen LogP contribution < -0.4 is 9.47 Å². The Hall–Kier alpha value is -2.83. The summed E-state index contributed by atoms with van der Waals surface area (Å²) < 4.78 is 15.1. The monoisotopic (exact) mass is 333 g/mol. The van der Waals surface area contributed by atoms with Crippen molar-refractivity contribution in [1.29, 1.82) is 0 Å². The highest BCUT2D eigenvalue weighted by Crippen LogP contribution is 2.29. The zero-order valence-electron chi connectivity index (χ0n) is 13.8. The molecular weight excluding hydrogens is 314 g/mol. The maximum atomic E-state index is 12.3. The maximum Gasteiger partial charge on any atom is 0.326 e. The Balaban J connectivity index is 2.21. The SMILES string of the molecule is CCOC(=O)CN1C(=O)C/C(=C\c2ccc(OC)c(OC)c2)C1=O. The zero-order valence-corrected chi connectivity index (χ0v) is 13.8. The fourth-order valence-corrected chi connectivity index (χ4v) is 2.37. The van der Waals surface area contributed by atoms with Crippen molar-refractivity contribution in [3.63, 3.8) is 0 Å². The molecule has 2 rings (SSSR count). The minimum atomic E-state index is -0.605. The van der Waals surface area contributed by atoms with E-state index in [1.807, 2.05) is 0 Å². The van der Waals surface area contributed by atoms with Crippen LogP contribution in [0.1, 0.15) is 18.9 Å². The van der Waals surface area contributed by atoms with Gasteiger partial charge in [-0.1, -0.05) is 6.07 Å². The van der Waals surface area contributed by atoms with E-state index >= 15 is 0 Å². The number of hydrogen-bond acceptors (Lipinski definition) is 6. The zero-order chi connectivity index (χ0) is 17.7. The van der Waals surface area contributed by atoms with Gasteiger partial charge in [0.25, 0.3) is 5.91 Å². The van der Waals surface area contributed by atoms with Crippen LogP contribution in [-0.2, 0) is 19.1 Å². The van der Waals surface area contributed by atoms with Crippen LogP contribution in [0.2, 0.25) is 0 Å². The Morgan fingerprint density at radius 2 is 1.92 bits per heavy atom. The summed E-state index contributed by atoms with van der Waals surface area (Å²) in [6, 6.07) is 5.17. The molecule has 0 atom stereocenters. The maximum absolute atomic E-state index is 12.3. The Morgan fingerprint density at radius 1 is 1.21 bits per heavy atom. The van der Waals surface area contributed by atoms with E-state index in [0.717, 1.165) is 4.90 Å². The number of rotatable bonds is 6. The Kier molecular flexibility index (Phi) is 5.57. The van der Waals surface area contributed by atoms with Gasteiger partial charge in [0.2, 0.25) is 5.91 Å². The largest absolute Gasteiger partial charge is 0.493 e. The summed E-state index contributed by atoms with van der Waals surface area (Å²) in [7, 11) is 3.04. The average Bonchev–Trinajstić information content (AvgIpc) is 2.82. The topological polar surface area (TPSA) is 82.1 Å². The molecule has 7 heteroatoms. The summed E-state index contributed by atoms with van der Waals surface area (Å²) in [6.07, 6.45) is 1.56. The van der Waals surface area contributed by atoms with E-state index in [4.69, 9.17) is 14.2 Å². The number of carbonyl (C=O) groups is 3. The molecule has 0 radical (unpaired) electrons.